The molecule has 2 heterocycles. The van der Waals surface area contributed by atoms with Gasteiger partial charge >= 0.3 is 17.9 Å². The monoisotopic (exact) mass is 560 g/mol. The van der Waals surface area contributed by atoms with Crippen LogP contribution < -0.4 is 10.6 Å². The van der Waals surface area contributed by atoms with Crippen LogP contribution in [0.5, 0.6) is 0 Å². The van der Waals surface area contributed by atoms with E-state index in [9.17, 15) is 24.8 Å². The lowest BCUT2D eigenvalue weighted by molar-refractivity contribution is -0.139. The van der Waals surface area contributed by atoms with Crippen LogP contribution in [0.15, 0.2) is 108 Å². The molecule has 0 amide bonds. The van der Waals surface area contributed by atoms with E-state index in [2.05, 4.69) is 11.1 Å². The predicted octanol–water partition coefficient (Wildman–Crippen LogP) is 4.50. The number of benzene rings is 3. The quantitative estimate of drug-likeness (QED) is 0.322. The molecule has 10 heteroatoms. The number of hydrogen-bond acceptors (Lipinski definition) is 9. The smallest absolute Gasteiger partial charge is 0.355 e. The van der Waals surface area contributed by atoms with Gasteiger partial charge in [-0.25, -0.2) is 19.4 Å². The highest BCUT2D eigenvalue weighted by molar-refractivity contribution is 6.06. The third kappa shape index (κ3) is 4.69. The Bertz CT molecular complexity index is 1840. The molecular formula is C32H24N4O6. The number of carbonyl (C=O) groups excluding carboxylic acids is 2. The number of fused-ring (bicyclic) bond motifs is 1. The normalized spacial score (nSPS) is 14.9. The SMILES string of the molecule is COC(=O)C1=C(C(=O)OC)N(c2ccc(-c3cc(C(=O)O)c4ccccc4n3)cc2)C(N)=C(C#N)C1c1ccccc1. The number of allylic oxidation sites excluding steroid dienone is 1. The maximum absolute atomic E-state index is 13.3. The van der Waals surface area contributed by atoms with E-state index in [-0.39, 0.29) is 28.2 Å². The van der Waals surface area contributed by atoms with Crippen molar-refractivity contribution < 1.29 is 29.0 Å². The van der Waals surface area contributed by atoms with E-state index >= 15 is 0 Å². The molecule has 1 aliphatic heterocycles. The highest BCUT2D eigenvalue weighted by atomic mass is 16.5. The van der Waals surface area contributed by atoms with E-state index in [1.165, 1.54) is 25.2 Å². The summed E-state index contributed by atoms with van der Waals surface area (Å²) in [6.07, 6.45) is 0. The van der Waals surface area contributed by atoms with Crippen molar-refractivity contribution in [1.82, 2.24) is 4.98 Å². The Morgan fingerprint density at radius 3 is 2.19 bits per heavy atom. The zero-order chi connectivity index (χ0) is 30.0. The highest BCUT2D eigenvalue weighted by Gasteiger charge is 2.43. The van der Waals surface area contributed by atoms with Crippen molar-refractivity contribution in [2.75, 3.05) is 19.1 Å². The molecule has 208 valence electrons. The number of para-hydroxylation sites is 1. The van der Waals surface area contributed by atoms with Gasteiger partial charge < -0.3 is 20.3 Å². The number of carbonyl (C=O) groups is 3. The molecule has 0 aliphatic carbocycles. The van der Waals surface area contributed by atoms with Crippen LogP contribution in [-0.2, 0) is 19.1 Å². The van der Waals surface area contributed by atoms with Gasteiger partial charge in [0, 0.05) is 16.6 Å². The number of carboxylic acids is 1. The summed E-state index contributed by atoms with van der Waals surface area (Å²) in [4.78, 5) is 44.3. The van der Waals surface area contributed by atoms with Crippen molar-refractivity contribution in [2.45, 2.75) is 5.92 Å². The zero-order valence-electron chi connectivity index (χ0n) is 22.6. The molecule has 0 fully saturated rings. The lowest BCUT2D eigenvalue weighted by Crippen LogP contribution is -2.40. The van der Waals surface area contributed by atoms with Crippen molar-refractivity contribution in [2.24, 2.45) is 5.73 Å². The Kier molecular flexibility index (Phi) is 7.41. The topological polar surface area (TPSA) is 156 Å². The van der Waals surface area contributed by atoms with Crippen LogP contribution in [0.2, 0.25) is 0 Å². The molecule has 42 heavy (non-hydrogen) atoms. The maximum Gasteiger partial charge on any atom is 0.355 e. The molecule has 3 aromatic carbocycles. The van der Waals surface area contributed by atoms with E-state index in [0.717, 1.165) is 0 Å². The second kappa shape index (κ2) is 11.3. The second-order valence-electron chi connectivity index (χ2n) is 9.26. The van der Waals surface area contributed by atoms with Crippen LogP contribution in [0.25, 0.3) is 22.2 Å². The predicted molar refractivity (Wildman–Crippen MR) is 154 cm³/mol. The molecule has 5 rings (SSSR count). The summed E-state index contributed by atoms with van der Waals surface area (Å²) in [5, 5.41) is 20.5. The van der Waals surface area contributed by atoms with Gasteiger partial charge in [-0.2, -0.15) is 5.26 Å². The first-order valence-corrected chi connectivity index (χ1v) is 12.7. The van der Waals surface area contributed by atoms with Crippen molar-refractivity contribution in [3.05, 3.63) is 119 Å². The molecule has 1 aromatic heterocycles. The number of aromatic nitrogens is 1. The second-order valence-corrected chi connectivity index (χ2v) is 9.26. The zero-order valence-corrected chi connectivity index (χ0v) is 22.6. The number of methoxy groups -OCH3 is 2. The van der Waals surface area contributed by atoms with E-state index in [0.29, 0.717) is 33.4 Å². The Labute approximate surface area is 240 Å². The van der Waals surface area contributed by atoms with E-state index in [4.69, 9.17) is 15.2 Å². The number of aromatic carboxylic acids is 1. The maximum atomic E-state index is 13.3. The molecule has 1 unspecified atom stereocenters. The molecule has 0 spiro atoms. The van der Waals surface area contributed by atoms with Crippen LogP contribution in [0.1, 0.15) is 21.8 Å². The first-order chi connectivity index (χ1) is 20.3. The number of nitrogens with two attached hydrogens (primary N) is 1. The minimum absolute atomic E-state index is 0.0422. The van der Waals surface area contributed by atoms with Gasteiger partial charge in [0.1, 0.15) is 11.5 Å². The average molecular weight is 561 g/mol. The molecule has 0 saturated carbocycles. The molecule has 0 saturated heterocycles. The van der Waals surface area contributed by atoms with E-state index < -0.39 is 23.8 Å². The summed E-state index contributed by atoms with van der Waals surface area (Å²) < 4.78 is 10.1. The number of hydrogen-bond donors (Lipinski definition) is 2. The lowest BCUT2D eigenvalue weighted by Gasteiger charge is -2.35. The largest absolute Gasteiger partial charge is 0.478 e. The standard InChI is InChI=1S/C32H24N4O6/c1-41-31(39)27-26(19-8-4-3-5-9-19)23(17-33)29(34)36(28(27)32(40)42-2)20-14-12-18(13-15-20)25-16-22(30(37)38)21-10-6-7-11-24(21)35-25/h3-16,26H,34H2,1-2H3,(H,37,38). The van der Waals surface area contributed by atoms with Gasteiger partial charge in [-0.1, -0.05) is 60.7 Å². The summed E-state index contributed by atoms with van der Waals surface area (Å²) in [5.41, 5.74) is 8.83. The van der Waals surface area contributed by atoms with E-state index in [1.54, 1.807) is 78.9 Å². The van der Waals surface area contributed by atoms with Crippen LogP contribution in [0.4, 0.5) is 5.69 Å². The van der Waals surface area contributed by atoms with Gasteiger partial charge in [-0.05, 0) is 29.8 Å². The highest BCUT2D eigenvalue weighted by Crippen LogP contribution is 2.43. The molecule has 0 radical (unpaired) electrons. The van der Waals surface area contributed by atoms with Crippen molar-refractivity contribution >= 4 is 34.5 Å². The average Bonchev–Trinajstić information content (AvgIpc) is 3.03. The summed E-state index contributed by atoms with van der Waals surface area (Å²) in [6.45, 7) is 0. The molecule has 4 aromatic rings. The van der Waals surface area contributed by atoms with Crippen molar-refractivity contribution in [1.29, 1.82) is 5.26 Å². The van der Waals surface area contributed by atoms with Gasteiger partial charge in [-0.15, -0.1) is 0 Å². The van der Waals surface area contributed by atoms with Gasteiger partial charge in [0.05, 0.1) is 54.1 Å². The number of nitriles is 1. The number of pyridine rings is 1. The molecule has 0 bridgehead atoms. The molecule has 1 atom stereocenters. The third-order valence-corrected chi connectivity index (χ3v) is 6.98. The first kappa shape index (κ1) is 27.6. The molecule has 1 aliphatic rings. The fourth-order valence-corrected chi connectivity index (χ4v) is 5.06. The van der Waals surface area contributed by atoms with Gasteiger partial charge in [0.2, 0.25) is 0 Å². The molecule has 10 nitrogen and oxygen atoms in total. The van der Waals surface area contributed by atoms with Crippen LogP contribution in [-0.4, -0.2) is 42.2 Å². The number of carboxylic acid groups (broad SMARTS) is 1. The van der Waals surface area contributed by atoms with Gasteiger partial charge in [-0.3, -0.25) is 4.90 Å². The minimum atomic E-state index is -1.09. The van der Waals surface area contributed by atoms with Gasteiger partial charge in [0.15, 0.2) is 0 Å². The summed E-state index contributed by atoms with van der Waals surface area (Å²) >= 11 is 0. The lowest BCUT2D eigenvalue weighted by atomic mass is 9.81. The Balaban J connectivity index is 1.69. The van der Waals surface area contributed by atoms with Gasteiger partial charge in [0.25, 0.3) is 0 Å². The number of ether oxygens (including phenoxy) is 2. The van der Waals surface area contributed by atoms with Crippen LogP contribution in [0.3, 0.4) is 0 Å². The Morgan fingerprint density at radius 2 is 1.57 bits per heavy atom. The fraction of sp³-hybridized carbons (Fsp3) is 0.0938. The fourth-order valence-electron chi connectivity index (χ4n) is 5.06. The van der Waals surface area contributed by atoms with Crippen molar-refractivity contribution in [3.8, 4) is 17.3 Å². The van der Waals surface area contributed by atoms with Crippen LogP contribution >= 0.6 is 0 Å². The number of esters is 2. The summed E-state index contributed by atoms with van der Waals surface area (Å²) in [7, 11) is 2.36. The molecule has 3 N–H and O–H groups in total. The summed E-state index contributed by atoms with van der Waals surface area (Å²) in [6, 6.07) is 25.8. The van der Waals surface area contributed by atoms with E-state index in [1.807, 2.05) is 0 Å². The summed E-state index contributed by atoms with van der Waals surface area (Å²) in [5.74, 6) is -3.82. The van der Waals surface area contributed by atoms with Crippen molar-refractivity contribution in [3.63, 3.8) is 0 Å². The third-order valence-electron chi connectivity index (χ3n) is 6.98. The number of anilines is 1. The Hall–Kier alpha value is -5.95. The first-order valence-electron chi connectivity index (χ1n) is 12.7. The van der Waals surface area contributed by atoms with Crippen LogP contribution in [0, 0.1) is 11.3 Å². The number of rotatable bonds is 6. The minimum Gasteiger partial charge on any atom is -0.478 e. The Morgan fingerprint density at radius 1 is 0.929 bits per heavy atom. The molecular weight excluding hydrogens is 536 g/mol. The number of nitrogens with zero attached hydrogens (tertiary/aromatic N) is 3.